The largest absolute Gasteiger partial charge is 0.469 e. The van der Waals surface area contributed by atoms with Crippen LogP contribution in [0.25, 0.3) is 0 Å². The van der Waals surface area contributed by atoms with Gasteiger partial charge in [-0.15, -0.1) is 11.3 Å². The summed E-state index contributed by atoms with van der Waals surface area (Å²) >= 11 is 1.67. The molecule has 3 rings (SSSR count). The molecular formula is C49H90N16O9S. The van der Waals surface area contributed by atoms with E-state index in [1.54, 1.807) is 115 Å². The van der Waals surface area contributed by atoms with E-state index in [1.165, 1.54) is 11.0 Å². The number of carbonyl (C=O) groups is 7. The fraction of sp³-hybridized carbons (Fsp3) is 0.551. The van der Waals surface area contributed by atoms with Crippen molar-refractivity contribution in [2.75, 3.05) is 111 Å². The zero-order valence-corrected chi connectivity index (χ0v) is 46.9. The fourth-order valence-corrected chi connectivity index (χ4v) is 6.63. The van der Waals surface area contributed by atoms with E-state index in [4.69, 9.17) is 20.6 Å². The van der Waals surface area contributed by atoms with Gasteiger partial charge in [0.2, 0.25) is 35.4 Å². The maximum Gasteiger partial charge on any atom is 0.407 e. The Labute approximate surface area is 448 Å². The minimum Gasteiger partial charge on any atom is -0.469 e. The molecule has 0 bridgehead atoms. The van der Waals surface area contributed by atoms with Crippen LogP contribution >= 0.6 is 11.3 Å². The second-order valence-corrected chi connectivity index (χ2v) is 16.3. The predicted octanol–water partition coefficient (Wildman–Crippen LogP) is -2.69. The summed E-state index contributed by atoms with van der Waals surface area (Å²) in [6.45, 7) is 4.82. The van der Waals surface area contributed by atoms with E-state index in [1.807, 2.05) is 41.8 Å². The number of thiophene rings is 1. The van der Waals surface area contributed by atoms with E-state index in [0.717, 1.165) is 17.7 Å². The van der Waals surface area contributed by atoms with Crippen molar-refractivity contribution in [2.24, 2.45) is 11.5 Å². The lowest BCUT2D eigenvalue weighted by Crippen LogP contribution is -2.45. The highest BCUT2D eigenvalue weighted by atomic mass is 32.1. The zero-order valence-electron chi connectivity index (χ0n) is 46.1. The second kappa shape index (κ2) is 48.6. The van der Waals surface area contributed by atoms with E-state index in [0.29, 0.717) is 45.3 Å². The highest BCUT2D eigenvalue weighted by Crippen LogP contribution is 2.11. The van der Waals surface area contributed by atoms with Crippen molar-refractivity contribution in [1.82, 2.24) is 74.1 Å². The number of hydrogen-bond donors (Lipinski definition) is 15. The first-order valence-corrected chi connectivity index (χ1v) is 25.1. The molecule has 3 aromatic heterocycles. The summed E-state index contributed by atoms with van der Waals surface area (Å²) in [4.78, 5) is 83.0. The van der Waals surface area contributed by atoms with Crippen LogP contribution in [0.3, 0.4) is 0 Å². The molecule has 426 valence electrons. The van der Waals surface area contributed by atoms with Crippen LogP contribution in [0.5, 0.6) is 0 Å². The smallest absolute Gasteiger partial charge is 0.407 e. The molecule has 6 unspecified atom stereocenters. The van der Waals surface area contributed by atoms with Gasteiger partial charge in [0.25, 0.3) is 0 Å². The number of aromatic nitrogens is 1. The maximum absolute atomic E-state index is 11.4. The molecule has 0 aliphatic heterocycles. The van der Waals surface area contributed by atoms with Crippen molar-refractivity contribution in [3.05, 3.63) is 89.3 Å². The van der Waals surface area contributed by atoms with Gasteiger partial charge in [-0.1, -0.05) is 18.7 Å². The number of likely N-dealkylation sites (N-methyl/N-ethyl adjacent to an activating group) is 12. The van der Waals surface area contributed by atoms with Gasteiger partial charge in [0.15, 0.2) is 0 Å². The molecule has 3 aromatic rings. The quantitative estimate of drug-likeness (QED) is 0.0364. The number of nitrogens with two attached hydrogens (primary N) is 2. The van der Waals surface area contributed by atoms with E-state index < -0.39 is 6.09 Å². The summed E-state index contributed by atoms with van der Waals surface area (Å²) in [5, 5.41) is 37.3. The number of rotatable bonds is 26. The molecule has 7 amide bonds. The molecule has 3 heterocycles. The third kappa shape index (κ3) is 35.5. The number of furan rings is 1. The van der Waals surface area contributed by atoms with Gasteiger partial charge in [-0.25, -0.2) is 4.79 Å². The molecule has 0 spiro atoms. The first kappa shape index (κ1) is 72.9. The molecule has 0 radical (unpaired) electrons. The Hall–Kier alpha value is -6.36. The van der Waals surface area contributed by atoms with Crippen LogP contribution in [0.15, 0.2) is 77.5 Å². The number of ether oxygens (including phenoxy) is 1. The van der Waals surface area contributed by atoms with E-state index in [2.05, 4.69) is 80.7 Å². The minimum absolute atomic E-state index is 0.00399. The molecular weight excluding hydrogens is 989 g/mol. The number of nitrogens with zero attached hydrogens (tertiary/aromatic N) is 1. The molecule has 0 saturated heterocycles. The van der Waals surface area contributed by atoms with Crippen molar-refractivity contribution in [1.29, 1.82) is 0 Å². The second-order valence-electron chi connectivity index (χ2n) is 15.3. The molecule has 0 saturated carbocycles. The van der Waals surface area contributed by atoms with E-state index >= 15 is 0 Å². The molecule has 17 N–H and O–H groups in total. The van der Waals surface area contributed by atoms with Crippen molar-refractivity contribution >= 4 is 52.9 Å². The Morgan fingerprint density at radius 3 is 1.40 bits per heavy atom. The van der Waals surface area contributed by atoms with Gasteiger partial charge >= 0.3 is 6.09 Å². The summed E-state index contributed by atoms with van der Waals surface area (Å²) in [6.07, 6.45) is 9.22. The highest BCUT2D eigenvalue weighted by Gasteiger charge is 2.18. The molecule has 25 nitrogen and oxygen atoms in total. The van der Waals surface area contributed by atoms with Gasteiger partial charge in [0.1, 0.15) is 12.4 Å². The molecule has 0 aliphatic carbocycles. The fourth-order valence-electron chi connectivity index (χ4n) is 5.88. The van der Waals surface area contributed by atoms with Gasteiger partial charge in [0.05, 0.1) is 42.5 Å². The Morgan fingerprint density at radius 1 is 0.587 bits per heavy atom. The standard InChI is InChI=1S/C10H19N3O3.C10H15N3O.C9H14N2O2.C9H14N2OS.C6H15N3O.C5H13N3O/c1-4-7-16-10(15)13-6-5-8(11-2)9(14)12-3;1-11-9(10(14)12-2)7-8-3-5-13-6-4-8;2*1-10-8(9(12)11-2)6-7-4-3-5-13-7;1-8-5(3-4-7)6(10)9-2;1-7-4(3-6)5(9)8-2/h4,8,11H,1,5-7H2,2-3H3,(H,12,14)(H,13,15);3-6,9,11H,7H2,1-2H3,(H,12,14);2*3-5,8,10H,6H2,1-2H3,(H,11,12);5,8H,3-4,7H2,1-2H3,(H,9,10);4,7H,3,6H2,1-2H3,(H,8,9). The van der Waals surface area contributed by atoms with Gasteiger partial charge < -0.3 is 89.7 Å². The maximum atomic E-state index is 11.4. The number of pyridine rings is 1. The highest BCUT2D eigenvalue weighted by molar-refractivity contribution is 7.09. The number of amides is 7. The number of carbonyl (C=O) groups excluding carboxylic acids is 7. The van der Waals surface area contributed by atoms with Gasteiger partial charge in [0, 0.05) is 85.5 Å². The van der Waals surface area contributed by atoms with Gasteiger partial charge in [-0.05, 0) is 109 Å². The number of hydrogen-bond acceptors (Lipinski definition) is 19. The lowest BCUT2D eigenvalue weighted by molar-refractivity contribution is -0.123. The third-order valence-electron chi connectivity index (χ3n) is 10.4. The lowest BCUT2D eigenvalue weighted by Gasteiger charge is -2.14. The summed E-state index contributed by atoms with van der Waals surface area (Å²) in [7, 11) is 20.1. The van der Waals surface area contributed by atoms with E-state index in [9.17, 15) is 33.6 Å². The molecule has 0 fully saturated rings. The van der Waals surface area contributed by atoms with Crippen LogP contribution in [0.2, 0.25) is 0 Å². The van der Waals surface area contributed by atoms with Crippen LogP contribution < -0.4 is 80.6 Å². The summed E-state index contributed by atoms with van der Waals surface area (Å²) < 4.78 is 9.84. The molecule has 0 aromatic carbocycles. The molecule has 6 atom stereocenters. The molecule has 75 heavy (non-hydrogen) atoms. The normalized spacial score (nSPS) is 12.2. The topological polar surface area (TPSA) is 363 Å². The number of alkyl carbamates (subject to hydrolysis) is 1. The Morgan fingerprint density at radius 2 is 1.03 bits per heavy atom. The van der Waals surface area contributed by atoms with Crippen molar-refractivity contribution < 1.29 is 42.7 Å². The van der Waals surface area contributed by atoms with Crippen LogP contribution in [0, 0.1) is 0 Å². The Bertz CT molecular complexity index is 1870. The summed E-state index contributed by atoms with van der Waals surface area (Å²) in [5.74, 6) is 0.638. The van der Waals surface area contributed by atoms with Gasteiger partial charge in [-0.3, -0.25) is 33.8 Å². The van der Waals surface area contributed by atoms with Gasteiger partial charge in [-0.2, -0.15) is 0 Å². The Kier molecular flexibility index (Phi) is 47.2. The summed E-state index contributed by atoms with van der Waals surface area (Å²) in [5.41, 5.74) is 11.6. The predicted molar refractivity (Wildman–Crippen MR) is 297 cm³/mol. The van der Waals surface area contributed by atoms with Crippen molar-refractivity contribution in [2.45, 2.75) is 68.4 Å². The van der Waals surface area contributed by atoms with Crippen molar-refractivity contribution in [3.63, 3.8) is 0 Å². The number of nitrogens with one attached hydrogen (secondary N) is 13. The first-order valence-electron chi connectivity index (χ1n) is 24.2. The molecule has 0 aliphatic rings. The zero-order chi connectivity index (χ0) is 57.4. The SMILES string of the molecule is C=CCOC(=O)NCCC(NC)C(=O)NC.CNC(=O)C(CCN)NC.CNC(=O)C(CN)NC.CNC(=O)C(Cc1ccco1)NC.CNC(=O)C(Cc1cccs1)NC.CNC(=O)C(Cc1ccncc1)NC. The molecule has 26 heteroatoms. The van der Waals surface area contributed by atoms with E-state index in [-0.39, 0.29) is 78.3 Å². The monoisotopic (exact) mass is 1080 g/mol. The van der Waals surface area contributed by atoms with Crippen LogP contribution in [0.4, 0.5) is 4.79 Å². The van der Waals surface area contributed by atoms with Crippen LogP contribution in [-0.2, 0) is 52.8 Å². The Balaban J connectivity index is -0.000000837. The first-order chi connectivity index (χ1) is 36.0. The average Bonchev–Trinajstić information content (AvgIpc) is 4.18. The summed E-state index contributed by atoms with van der Waals surface area (Å²) in [6, 6.07) is 10.3. The van der Waals surface area contributed by atoms with Crippen molar-refractivity contribution in [3.8, 4) is 0 Å². The average molecular weight is 1080 g/mol. The lowest BCUT2D eigenvalue weighted by atomic mass is 10.1. The minimum atomic E-state index is -0.508. The third-order valence-corrected chi connectivity index (χ3v) is 11.3. The van der Waals surface area contributed by atoms with Crippen LogP contribution in [-0.4, -0.2) is 194 Å². The van der Waals surface area contributed by atoms with Crippen LogP contribution in [0.1, 0.15) is 29.0 Å².